The van der Waals surface area contributed by atoms with Crippen LogP contribution in [0.2, 0.25) is 0 Å². The van der Waals surface area contributed by atoms with E-state index >= 15 is 0 Å². The molecule has 0 unspecified atom stereocenters. The Morgan fingerprint density at radius 2 is 1.53 bits per heavy atom. The van der Waals surface area contributed by atoms with E-state index in [-0.39, 0.29) is 30.3 Å². The monoisotopic (exact) mass is 408 g/mol. The smallest absolute Gasteiger partial charge is 0.251 e. The number of amides is 3. The zero-order valence-corrected chi connectivity index (χ0v) is 17.2. The fourth-order valence-electron chi connectivity index (χ4n) is 3.55. The summed E-state index contributed by atoms with van der Waals surface area (Å²) in [5.74, 6) is -0.482. The molecule has 7 heteroatoms. The standard InChI is InChI=1S/C23H28N4O3/c1-16(28)25-20-11-6-12-21(14-20)26-22(29)15-24-19-10-5-7-17(13-19)23(30)27-18-8-3-2-4-9-18/h5-7,10-14,18,24H,2-4,8-9,15H2,1H3,(H,25,28)(H,26,29)(H,27,30). The van der Waals surface area contributed by atoms with Crippen LogP contribution < -0.4 is 21.3 Å². The fourth-order valence-corrected chi connectivity index (χ4v) is 3.55. The normalized spacial score (nSPS) is 13.9. The molecule has 1 saturated carbocycles. The first-order chi connectivity index (χ1) is 14.5. The maximum Gasteiger partial charge on any atom is 0.251 e. The van der Waals surface area contributed by atoms with Gasteiger partial charge in [0.05, 0.1) is 6.54 Å². The summed E-state index contributed by atoms with van der Waals surface area (Å²) in [4.78, 5) is 35.9. The van der Waals surface area contributed by atoms with Crippen LogP contribution in [0, 0.1) is 0 Å². The van der Waals surface area contributed by atoms with E-state index in [1.165, 1.54) is 13.3 Å². The van der Waals surface area contributed by atoms with Crippen molar-refractivity contribution in [3.8, 4) is 0 Å². The number of hydrogen-bond acceptors (Lipinski definition) is 4. The zero-order chi connectivity index (χ0) is 21.3. The molecule has 2 aromatic rings. The largest absolute Gasteiger partial charge is 0.376 e. The Kier molecular flexibility index (Phi) is 7.43. The SMILES string of the molecule is CC(=O)Nc1cccc(NC(=O)CNc2cccc(C(=O)NC3CCCCC3)c2)c1. The first-order valence-corrected chi connectivity index (χ1v) is 10.3. The van der Waals surface area contributed by atoms with Gasteiger partial charge < -0.3 is 21.3 Å². The summed E-state index contributed by atoms with van der Waals surface area (Å²) < 4.78 is 0. The van der Waals surface area contributed by atoms with E-state index in [0.717, 1.165) is 25.7 Å². The molecule has 0 spiro atoms. The molecule has 158 valence electrons. The van der Waals surface area contributed by atoms with E-state index in [9.17, 15) is 14.4 Å². The molecule has 0 atom stereocenters. The number of carbonyl (C=O) groups is 3. The Hall–Kier alpha value is -3.35. The van der Waals surface area contributed by atoms with E-state index in [2.05, 4.69) is 21.3 Å². The van der Waals surface area contributed by atoms with Crippen molar-refractivity contribution in [2.24, 2.45) is 0 Å². The molecule has 1 fully saturated rings. The minimum absolute atomic E-state index is 0.0536. The third-order valence-corrected chi connectivity index (χ3v) is 4.98. The van der Waals surface area contributed by atoms with Crippen LogP contribution in [0.25, 0.3) is 0 Å². The van der Waals surface area contributed by atoms with Crippen molar-refractivity contribution >= 4 is 34.8 Å². The minimum Gasteiger partial charge on any atom is -0.376 e. The lowest BCUT2D eigenvalue weighted by Gasteiger charge is -2.22. The van der Waals surface area contributed by atoms with Gasteiger partial charge in [-0.05, 0) is 49.2 Å². The summed E-state index contributed by atoms with van der Waals surface area (Å²) >= 11 is 0. The first-order valence-electron chi connectivity index (χ1n) is 10.3. The maximum absolute atomic E-state index is 12.5. The quantitative estimate of drug-likeness (QED) is 0.561. The Labute approximate surface area is 176 Å². The summed E-state index contributed by atoms with van der Waals surface area (Å²) in [5.41, 5.74) is 2.49. The fraction of sp³-hybridized carbons (Fsp3) is 0.348. The Morgan fingerprint density at radius 3 is 2.27 bits per heavy atom. The molecule has 3 amide bonds. The lowest BCUT2D eigenvalue weighted by atomic mass is 9.95. The average molecular weight is 409 g/mol. The second-order valence-corrected chi connectivity index (χ2v) is 7.55. The molecule has 0 heterocycles. The number of carbonyl (C=O) groups excluding carboxylic acids is 3. The van der Waals surface area contributed by atoms with Gasteiger partial charge in [0.15, 0.2) is 0 Å². The predicted octanol–water partition coefficient (Wildman–Crippen LogP) is 3.76. The van der Waals surface area contributed by atoms with Crippen LogP contribution in [0.3, 0.4) is 0 Å². The van der Waals surface area contributed by atoms with Gasteiger partial charge >= 0.3 is 0 Å². The first kappa shape index (κ1) is 21.4. The lowest BCUT2D eigenvalue weighted by molar-refractivity contribution is -0.115. The van der Waals surface area contributed by atoms with Gasteiger partial charge in [-0.3, -0.25) is 14.4 Å². The second-order valence-electron chi connectivity index (χ2n) is 7.55. The van der Waals surface area contributed by atoms with Crippen molar-refractivity contribution < 1.29 is 14.4 Å². The van der Waals surface area contributed by atoms with E-state index in [0.29, 0.717) is 22.6 Å². The van der Waals surface area contributed by atoms with Crippen molar-refractivity contribution in [1.82, 2.24) is 5.32 Å². The number of nitrogens with one attached hydrogen (secondary N) is 4. The molecule has 0 saturated heterocycles. The molecule has 0 radical (unpaired) electrons. The van der Waals surface area contributed by atoms with Crippen LogP contribution in [0.4, 0.5) is 17.1 Å². The van der Waals surface area contributed by atoms with Crippen molar-refractivity contribution in [3.63, 3.8) is 0 Å². The minimum atomic E-state index is -0.230. The van der Waals surface area contributed by atoms with Crippen molar-refractivity contribution in [1.29, 1.82) is 0 Å². The number of rotatable bonds is 7. The average Bonchev–Trinajstić information content (AvgIpc) is 2.73. The van der Waals surface area contributed by atoms with Crippen LogP contribution in [0.15, 0.2) is 48.5 Å². The van der Waals surface area contributed by atoms with E-state index in [4.69, 9.17) is 0 Å². The van der Waals surface area contributed by atoms with Gasteiger partial charge in [0.1, 0.15) is 0 Å². The molecule has 30 heavy (non-hydrogen) atoms. The highest BCUT2D eigenvalue weighted by molar-refractivity contribution is 5.97. The third kappa shape index (κ3) is 6.62. The van der Waals surface area contributed by atoms with E-state index < -0.39 is 0 Å². The Balaban J connectivity index is 1.51. The van der Waals surface area contributed by atoms with Crippen LogP contribution >= 0.6 is 0 Å². The molecule has 1 aliphatic carbocycles. The number of anilines is 3. The summed E-state index contributed by atoms with van der Waals surface area (Å²) in [6, 6.07) is 14.3. The van der Waals surface area contributed by atoms with Gasteiger partial charge in [-0.1, -0.05) is 31.4 Å². The lowest BCUT2D eigenvalue weighted by Crippen LogP contribution is -2.36. The predicted molar refractivity (Wildman–Crippen MR) is 119 cm³/mol. The van der Waals surface area contributed by atoms with Gasteiger partial charge in [0.2, 0.25) is 11.8 Å². The van der Waals surface area contributed by atoms with E-state index in [1.54, 1.807) is 42.5 Å². The Bertz CT molecular complexity index is 907. The molecule has 2 aromatic carbocycles. The molecular weight excluding hydrogens is 380 g/mol. The van der Waals surface area contributed by atoms with Gasteiger partial charge in [-0.25, -0.2) is 0 Å². The highest BCUT2D eigenvalue weighted by Crippen LogP contribution is 2.19. The summed E-state index contributed by atoms with van der Waals surface area (Å²) in [7, 11) is 0. The number of benzene rings is 2. The molecule has 3 rings (SSSR count). The summed E-state index contributed by atoms with van der Waals surface area (Å²) in [5, 5.41) is 11.6. The summed E-state index contributed by atoms with van der Waals surface area (Å²) in [6.45, 7) is 1.48. The number of hydrogen-bond donors (Lipinski definition) is 4. The maximum atomic E-state index is 12.5. The van der Waals surface area contributed by atoms with Gasteiger partial charge in [0.25, 0.3) is 5.91 Å². The summed E-state index contributed by atoms with van der Waals surface area (Å²) in [6.07, 6.45) is 5.64. The molecule has 1 aliphatic rings. The zero-order valence-electron chi connectivity index (χ0n) is 17.2. The van der Waals surface area contributed by atoms with Gasteiger partial charge in [0, 0.05) is 35.6 Å². The molecule has 0 aliphatic heterocycles. The topological polar surface area (TPSA) is 99.3 Å². The molecule has 7 nitrogen and oxygen atoms in total. The highest BCUT2D eigenvalue weighted by atomic mass is 16.2. The van der Waals surface area contributed by atoms with Crippen molar-refractivity contribution in [3.05, 3.63) is 54.1 Å². The molecule has 0 bridgehead atoms. The molecule has 0 aromatic heterocycles. The van der Waals surface area contributed by atoms with E-state index in [1.807, 2.05) is 6.07 Å². The Morgan fingerprint density at radius 1 is 0.867 bits per heavy atom. The van der Waals surface area contributed by atoms with Gasteiger partial charge in [-0.2, -0.15) is 0 Å². The highest BCUT2D eigenvalue weighted by Gasteiger charge is 2.16. The third-order valence-electron chi connectivity index (χ3n) is 4.98. The van der Waals surface area contributed by atoms with Crippen LogP contribution in [-0.2, 0) is 9.59 Å². The van der Waals surface area contributed by atoms with Crippen LogP contribution in [0.1, 0.15) is 49.4 Å². The van der Waals surface area contributed by atoms with Crippen LogP contribution in [-0.4, -0.2) is 30.3 Å². The molecular formula is C23H28N4O3. The van der Waals surface area contributed by atoms with Crippen molar-refractivity contribution in [2.75, 3.05) is 22.5 Å². The second kappa shape index (κ2) is 10.4. The van der Waals surface area contributed by atoms with Crippen molar-refractivity contribution in [2.45, 2.75) is 45.1 Å². The van der Waals surface area contributed by atoms with Gasteiger partial charge in [-0.15, -0.1) is 0 Å². The van der Waals surface area contributed by atoms with Crippen LogP contribution in [0.5, 0.6) is 0 Å². The molecule has 4 N–H and O–H groups in total.